The fourth-order valence-electron chi connectivity index (χ4n) is 0.802. The largest absolute Gasteiger partial charge is 0.504 e. The van der Waals surface area contributed by atoms with E-state index in [9.17, 15) is 9.90 Å². The Labute approximate surface area is 75.2 Å². The second kappa shape index (κ2) is 3.23. The van der Waals surface area contributed by atoms with Gasteiger partial charge >= 0.3 is 0 Å². The Balaban J connectivity index is 3.04. The standard InChI is InChI=1S/C8H11NO2S/c1-4(2)7(10)6-8(11)5(3)12-9-6/h4,11H,1-3H3. The molecule has 0 aromatic carbocycles. The number of hydrogen-bond acceptors (Lipinski definition) is 4. The van der Waals surface area contributed by atoms with Gasteiger partial charge in [-0.05, 0) is 18.5 Å². The molecular formula is C8H11NO2S. The molecule has 12 heavy (non-hydrogen) atoms. The van der Waals surface area contributed by atoms with Gasteiger partial charge in [-0.1, -0.05) is 13.8 Å². The zero-order valence-corrected chi connectivity index (χ0v) is 8.10. The minimum atomic E-state index is -0.114. The molecule has 0 radical (unpaired) electrons. The van der Waals surface area contributed by atoms with Crippen LogP contribution >= 0.6 is 11.5 Å². The van der Waals surface area contributed by atoms with Gasteiger partial charge < -0.3 is 5.11 Å². The fraction of sp³-hybridized carbons (Fsp3) is 0.500. The third kappa shape index (κ3) is 1.48. The number of nitrogens with zero attached hydrogens (tertiary/aromatic N) is 1. The van der Waals surface area contributed by atoms with E-state index < -0.39 is 0 Å². The average Bonchev–Trinajstić information content (AvgIpc) is 2.32. The van der Waals surface area contributed by atoms with Crippen LogP contribution in [0.5, 0.6) is 5.75 Å². The van der Waals surface area contributed by atoms with Crippen LogP contribution < -0.4 is 0 Å². The van der Waals surface area contributed by atoms with Gasteiger partial charge in [0, 0.05) is 5.92 Å². The first kappa shape index (κ1) is 9.19. The molecule has 0 fully saturated rings. The molecule has 0 amide bonds. The van der Waals surface area contributed by atoms with Gasteiger partial charge in [0.15, 0.2) is 17.2 Å². The van der Waals surface area contributed by atoms with Crippen molar-refractivity contribution in [2.24, 2.45) is 5.92 Å². The van der Waals surface area contributed by atoms with Crippen molar-refractivity contribution in [1.82, 2.24) is 4.37 Å². The van der Waals surface area contributed by atoms with Crippen molar-refractivity contribution < 1.29 is 9.90 Å². The van der Waals surface area contributed by atoms with Crippen LogP contribution in [0, 0.1) is 12.8 Å². The van der Waals surface area contributed by atoms with Crippen LogP contribution in [0.4, 0.5) is 0 Å². The molecule has 0 unspecified atom stereocenters. The van der Waals surface area contributed by atoms with E-state index in [1.807, 2.05) is 0 Å². The predicted octanol–water partition coefficient (Wildman–Crippen LogP) is 2.00. The summed E-state index contributed by atoms with van der Waals surface area (Å²) in [5.74, 6) is -0.173. The van der Waals surface area contributed by atoms with Gasteiger partial charge in [-0.25, -0.2) is 0 Å². The summed E-state index contributed by atoms with van der Waals surface area (Å²) in [4.78, 5) is 12.1. The molecule has 1 heterocycles. The Morgan fingerprint density at radius 1 is 1.58 bits per heavy atom. The number of hydrogen-bond donors (Lipinski definition) is 1. The molecule has 0 spiro atoms. The van der Waals surface area contributed by atoms with Crippen LogP contribution in [0.25, 0.3) is 0 Å². The molecule has 66 valence electrons. The highest BCUT2D eigenvalue weighted by Gasteiger charge is 2.19. The van der Waals surface area contributed by atoms with Crippen molar-refractivity contribution in [1.29, 1.82) is 0 Å². The van der Waals surface area contributed by atoms with Gasteiger partial charge in [0.05, 0.1) is 4.88 Å². The van der Waals surface area contributed by atoms with Crippen LogP contribution in [0.3, 0.4) is 0 Å². The highest BCUT2D eigenvalue weighted by atomic mass is 32.1. The van der Waals surface area contributed by atoms with Crippen LogP contribution in [0.15, 0.2) is 0 Å². The number of rotatable bonds is 2. The van der Waals surface area contributed by atoms with Gasteiger partial charge in [0.1, 0.15) is 0 Å². The van der Waals surface area contributed by atoms with Gasteiger partial charge in [0.25, 0.3) is 0 Å². The maximum atomic E-state index is 11.4. The molecule has 1 aromatic heterocycles. The molecule has 0 saturated carbocycles. The Morgan fingerprint density at radius 2 is 2.17 bits per heavy atom. The van der Waals surface area contributed by atoms with E-state index in [1.165, 1.54) is 0 Å². The molecule has 3 nitrogen and oxygen atoms in total. The number of ketones is 1. The minimum Gasteiger partial charge on any atom is -0.504 e. The Morgan fingerprint density at radius 3 is 2.50 bits per heavy atom. The van der Waals surface area contributed by atoms with Crippen LogP contribution in [-0.2, 0) is 0 Å². The zero-order chi connectivity index (χ0) is 9.30. The van der Waals surface area contributed by atoms with E-state index in [2.05, 4.69) is 4.37 Å². The summed E-state index contributed by atoms with van der Waals surface area (Å²) in [6, 6.07) is 0. The second-order valence-corrected chi connectivity index (χ2v) is 3.93. The van der Waals surface area contributed by atoms with E-state index in [1.54, 1.807) is 20.8 Å². The highest BCUT2D eigenvalue weighted by Crippen LogP contribution is 2.26. The van der Waals surface area contributed by atoms with E-state index in [0.29, 0.717) is 4.88 Å². The number of carbonyl (C=O) groups is 1. The first-order valence-corrected chi connectivity index (χ1v) is 4.50. The minimum absolute atomic E-state index is 0.0405. The number of carbonyl (C=O) groups excluding carboxylic acids is 1. The number of aryl methyl sites for hydroxylation is 1. The van der Waals surface area contributed by atoms with Crippen LogP contribution in [0.1, 0.15) is 29.2 Å². The maximum Gasteiger partial charge on any atom is 0.188 e. The average molecular weight is 185 g/mol. The molecule has 1 N–H and O–H groups in total. The summed E-state index contributed by atoms with van der Waals surface area (Å²) in [6.07, 6.45) is 0. The molecule has 0 atom stereocenters. The molecule has 0 aliphatic heterocycles. The molecule has 0 aliphatic rings. The molecule has 1 rings (SSSR count). The van der Waals surface area contributed by atoms with E-state index in [0.717, 1.165) is 11.5 Å². The quantitative estimate of drug-likeness (QED) is 0.717. The van der Waals surface area contributed by atoms with Crippen molar-refractivity contribution in [2.75, 3.05) is 0 Å². The maximum absolute atomic E-state index is 11.4. The summed E-state index contributed by atoms with van der Waals surface area (Å²) in [7, 11) is 0. The predicted molar refractivity (Wildman–Crippen MR) is 47.7 cm³/mol. The lowest BCUT2D eigenvalue weighted by Gasteiger charge is -1.99. The molecule has 0 aliphatic carbocycles. The lowest BCUT2D eigenvalue weighted by Crippen LogP contribution is -2.07. The van der Waals surface area contributed by atoms with Crippen molar-refractivity contribution in [2.45, 2.75) is 20.8 Å². The van der Waals surface area contributed by atoms with Crippen molar-refractivity contribution in [3.63, 3.8) is 0 Å². The van der Waals surface area contributed by atoms with Crippen molar-refractivity contribution >= 4 is 17.3 Å². The first-order valence-electron chi connectivity index (χ1n) is 3.73. The SMILES string of the molecule is Cc1snc(C(=O)C(C)C)c1O. The van der Waals surface area contributed by atoms with Gasteiger partial charge in [-0.2, -0.15) is 4.37 Å². The molecule has 0 saturated heterocycles. The normalized spacial score (nSPS) is 10.7. The Hall–Kier alpha value is -0.900. The van der Waals surface area contributed by atoms with Crippen LogP contribution in [-0.4, -0.2) is 15.3 Å². The summed E-state index contributed by atoms with van der Waals surface area (Å²) < 4.78 is 3.88. The van der Waals surface area contributed by atoms with Crippen molar-refractivity contribution in [3.8, 4) is 5.75 Å². The van der Waals surface area contributed by atoms with E-state index >= 15 is 0 Å². The third-order valence-electron chi connectivity index (χ3n) is 1.59. The summed E-state index contributed by atoms with van der Waals surface area (Å²) in [5.41, 5.74) is 0.215. The summed E-state index contributed by atoms with van der Waals surface area (Å²) in [5, 5.41) is 9.38. The second-order valence-electron chi connectivity index (χ2n) is 2.95. The Bertz CT molecular complexity index is 304. The number of Topliss-reactive ketones (excluding diaryl/α,β-unsaturated/α-hetero) is 1. The van der Waals surface area contributed by atoms with Gasteiger partial charge in [-0.3, -0.25) is 4.79 Å². The monoisotopic (exact) mass is 185 g/mol. The van der Waals surface area contributed by atoms with Gasteiger partial charge in [0.2, 0.25) is 0 Å². The lowest BCUT2D eigenvalue weighted by atomic mass is 10.1. The Kier molecular flexibility index (Phi) is 2.47. The van der Waals surface area contributed by atoms with Crippen LogP contribution in [0.2, 0.25) is 0 Å². The molecule has 1 aromatic rings. The summed E-state index contributed by atoms with van der Waals surface area (Å²) >= 11 is 1.16. The number of aromatic hydroxyl groups is 1. The molecule has 4 heteroatoms. The van der Waals surface area contributed by atoms with E-state index in [-0.39, 0.29) is 23.1 Å². The zero-order valence-electron chi connectivity index (χ0n) is 7.29. The fourth-order valence-corrected chi connectivity index (χ4v) is 1.39. The van der Waals surface area contributed by atoms with Gasteiger partial charge in [-0.15, -0.1) is 0 Å². The summed E-state index contributed by atoms with van der Waals surface area (Å²) in [6.45, 7) is 5.32. The first-order chi connectivity index (χ1) is 5.54. The number of aromatic nitrogens is 1. The third-order valence-corrected chi connectivity index (χ3v) is 2.33. The highest BCUT2D eigenvalue weighted by molar-refractivity contribution is 7.06. The van der Waals surface area contributed by atoms with E-state index in [4.69, 9.17) is 0 Å². The van der Waals surface area contributed by atoms with Crippen molar-refractivity contribution in [3.05, 3.63) is 10.6 Å². The lowest BCUT2D eigenvalue weighted by molar-refractivity contribution is 0.0932. The molecular weight excluding hydrogens is 174 g/mol. The molecule has 0 bridgehead atoms. The topological polar surface area (TPSA) is 50.2 Å². The smallest absolute Gasteiger partial charge is 0.188 e.